The Hall–Kier alpha value is -2.23. The molecule has 0 spiro atoms. The van der Waals surface area contributed by atoms with E-state index in [0.717, 1.165) is 22.5 Å². The van der Waals surface area contributed by atoms with Crippen molar-refractivity contribution in [3.63, 3.8) is 0 Å². The van der Waals surface area contributed by atoms with E-state index in [2.05, 4.69) is 0 Å². The van der Waals surface area contributed by atoms with Crippen molar-refractivity contribution in [3.8, 4) is 5.75 Å². The first-order valence-electron chi connectivity index (χ1n) is 7.01. The summed E-state index contributed by atoms with van der Waals surface area (Å²) >= 11 is 0. The summed E-state index contributed by atoms with van der Waals surface area (Å²) < 4.78 is 16.2. The van der Waals surface area contributed by atoms with Crippen LogP contribution in [0.5, 0.6) is 5.75 Å². The van der Waals surface area contributed by atoms with Gasteiger partial charge in [0.25, 0.3) is 0 Å². The summed E-state index contributed by atoms with van der Waals surface area (Å²) in [6.45, 7) is 6.53. The van der Waals surface area contributed by atoms with E-state index in [1.165, 1.54) is 0 Å². The number of aryl methyl sites for hydroxylation is 1. The molecule has 1 heterocycles. The highest BCUT2D eigenvalue weighted by Gasteiger charge is 2.11. The lowest BCUT2D eigenvalue weighted by molar-refractivity contribution is -0.142. The average Bonchev–Trinajstić information content (AvgIpc) is 2.78. The van der Waals surface area contributed by atoms with E-state index in [-0.39, 0.29) is 12.4 Å². The third-order valence-electron chi connectivity index (χ3n) is 3.38. The molecule has 0 N–H and O–H groups in total. The molecular weight excluding hydrogens is 268 g/mol. The highest BCUT2D eigenvalue weighted by molar-refractivity contribution is 5.73. The summed E-state index contributed by atoms with van der Waals surface area (Å²) in [4.78, 5) is 11.6. The fourth-order valence-corrected chi connectivity index (χ4v) is 2.02. The lowest BCUT2D eigenvalue weighted by atomic mass is 10.1. The highest BCUT2D eigenvalue weighted by Crippen LogP contribution is 2.22. The van der Waals surface area contributed by atoms with Crippen LogP contribution in [0, 0.1) is 13.8 Å². The van der Waals surface area contributed by atoms with Gasteiger partial charge in [-0.05, 0) is 32.4 Å². The molecule has 0 aliphatic rings. The number of para-hydroxylation sites is 1. The van der Waals surface area contributed by atoms with Gasteiger partial charge in [0, 0.05) is 11.1 Å². The molecule has 0 amide bonds. The van der Waals surface area contributed by atoms with Gasteiger partial charge in [-0.2, -0.15) is 0 Å². The van der Waals surface area contributed by atoms with Gasteiger partial charge in [-0.1, -0.05) is 18.2 Å². The zero-order valence-electron chi connectivity index (χ0n) is 12.6. The third kappa shape index (κ3) is 3.88. The molecule has 0 radical (unpaired) electrons. The standard InChI is InChI=1S/C17H20O4/c1-4-19-17(18)9-14-7-5-6-8-16(14)21-11-15-10-20-13(3)12(15)2/h5-8,10H,4,9,11H2,1-3H3. The molecule has 0 saturated heterocycles. The second-order valence-corrected chi connectivity index (χ2v) is 4.82. The number of hydrogen-bond acceptors (Lipinski definition) is 4. The maximum absolute atomic E-state index is 11.6. The maximum Gasteiger partial charge on any atom is 0.310 e. The molecule has 2 rings (SSSR count). The Bertz CT molecular complexity index is 613. The van der Waals surface area contributed by atoms with E-state index >= 15 is 0 Å². The zero-order chi connectivity index (χ0) is 15.2. The number of hydrogen-bond donors (Lipinski definition) is 0. The largest absolute Gasteiger partial charge is 0.488 e. The molecular formula is C17H20O4. The molecule has 0 saturated carbocycles. The van der Waals surface area contributed by atoms with Crippen molar-refractivity contribution in [2.45, 2.75) is 33.8 Å². The van der Waals surface area contributed by atoms with Crippen LogP contribution in [0.15, 0.2) is 34.9 Å². The summed E-state index contributed by atoms with van der Waals surface area (Å²) in [6, 6.07) is 7.50. The summed E-state index contributed by atoms with van der Waals surface area (Å²) in [5, 5.41) is 0. The topological polar surface area (TPSA) is 48.7 Å². The van der Waals surface area contributed by atoms with E-state index < -0.39 is 0 Å². The molecule has 4 heteroatoms. The fourth-order valence-electron chi connectivity index (χ4n) is 2.02. The molecule has 0 fully saturated rings. The fraction of sp³-hybridized carbons (Fsp3) is 0.353. The smallest absolute Gasteiger partial charge is 0.310 e. The number of furan rings is 1. The van der Waals surface area contributed by atoms with E-state index in [4.69, 9.17) is 13.9 Å². The number of rotatable bonds is 6. The van der Waals surface area contributed by atoms with Crippen LogP contribution in [0.25, 0.3) is 0 Å². The summed E-state index contributed by atoms with van der Waals surface area (Å²) in [7, 11) is 0. The number of esters is 1. The van der Waals surface area contributed by atoms with Gasteiger partial charge in [0.1, 0.15) is 18.1 Å². The number of carbonyl (C=O) groups excluding carboxylic acids is 1. The minimum atomic E-state index is -0.246. The average molecular weight is 288 g/mol. The van der Waals surface area contributed by atoms with Gasteiger partial charge in [0.15, 0.2) is 0 Å². The van der Waals surface area contributed by atoms with Gasteiger partial charge in [-0.15, -0.1) is 0 Å². The van der Waals surface area contributed by atoms with Gasteiger partial charge in [-0.3, -0.25) is 4.79 Å². The first-order valence-corrected chi connectivity index (χ1v) is 7.01. The summed E-state index contributed by atoms with van der Waals surface area (Å²) in [5.74, 6) is 1.35. The number of carbonyl (C=O) groups is 1. The Morgan fingerprint density at radius 3 is 2.62 bits per heavy atom. The molecule has 0 aliphatic carbocycles. The Kier molecular flexibility index (Phi) is 5.04. The lowest BCUT2D eigenvalue weighted by Gasteiger charge is -2.10. The minimum Gasteiger partial charge on any atom is -0.488 e. The van der Waals surface area contributed by atoms with Crippen LogP contribution < -0.4 is 4.74 Å². The molecule has 4 nitrogen and oxygen atoms in total. The number of benzene rings is 1. The molecule has 21 heavy (non-hydrogen) atoms. The van der Waals surface area contributed by atoms with Crippen LogP contribution in [0.4, 0.5) is 0 Å². The quantitative estimate of drug-likeness (QED) is 0.762. The SMILES string of the molecule is CCOC(=O)Cc1ccccc1OCc1coc(C)c1C. The lowest BCUT2D eigenvalue weighted by Crippen LogP contribution is -2.09. The van der Waals surface area contributed by atoms with E-state index in [9.17, 15) is 4.79 Å². The van der Waals surface area contributed by atoms with Crippen LogP contribution in [0.3, 0.4) is 0 Å². The van der Waals surface area contributed by atoms with E-state index in [1.807, 2.05) is 38.1 Å². The van der Waals surface area contributed by atoms with Crippen LogP contribution >= 0.6 is 0 Å². The van der Waals surface area contributed by atoms with Crippen molar-refractivity contribution in [2.75, 3.05) is 6.61 Å². The van der Waals surface area contributed by atoms with Crippen LogP contribution in [-0.4, -0.2) is 12.6 Å². The molecule has 1 aromatic carbocycles. The van der Waals surface area contributed by atoms with Gasteiger partial charge in [0.05, 0.1) is 19.3 Å². The Balaban J connectivity index is 2.06. The van der Waals surface area contributed by atoms with Gasteiger partial charge >= 0.3 is 5.97 Å². The van der Waals surface area contributed by atoms with E-state index in [1.54, 1.807) is 13.2 Å². The predicted molar refractivity (Wildman–Crippen MR) is 79.3 cm³/mol. The second-order valence-electron chi connectivity index (χ2n) is 4.82. The Labute approximate surface area is 124 Å². The second kappa shape index (κ2) is 6.97. The van der Waals surface area contributed by atoms with Crippen LogP contribution in [0.2, 0.25) is 0 Å². The predicted octanol–water partition coefficient (Wildman–Crippen LogP) is 3.58. The normalized spacial score (nSPS) is 10.4. The molecule has 0 atom stereocenters. The zero-order valence-corrected chi connectivity index (χ0v) is 12.6. The minimum absolute atomic E-state index is 0.216. The van der Waals surface area contributed by atoms with Crippen molar-refractivity contribution in [3.05, 3.63) is 53.0 Å². The van der Waals surface area contributed by atoms with Crippen molar-refractivity contribution in [2.24, 2.45) is 0 Å². The van der Waals surface area contributed by atoms with Gasteiger partial charge in [-0.25, -0.2) is 0 Å². The van der Waals surface area contributed by atoms with Crippen molar-refractivity contribution < 1.29 is 18.7 Å². The number of ether oxygens (including phenoxy) is 2. The maximum atomic E-state index is 11.6. The Morgan fingerprint density at radius 1 is 1.19 bits per heavy atom. The molecule has 0 bridgehead atoms. The molecule has 2 aromatic rings. The first-order chi connectivity index (χ1) is 10.1. The molecule has 0 unspecified atom stereocenters. The molecule has 112 valence electrons. The summed E-state index contributed by atoms with van der Waals surface area (Å²) in [5.41, 5.74) is 2.94. The monoisotopic (exact) mass is 288 g/mol. The van der Waals surface area contributed by atoms with E-state index in [0.29, 0.717) is 19.0 Å². The van der Waals surface area contributed by atoms with Crippen molar-refractivity contribution in [1.82, 2.24) is 0 Å². The third-order valence-corrected chi connectivity index (χ3v) is 3.38. The summed E-state index contributed by atoms with van der Waals surface area (Å²) in [6.07, 6.45) is 1.92. The van der Waals surface area contributed by atoms with Crippen molar-refractivity contribution >= 4 is 5.97 Å². The van der Waals surface area contributed by atoms with Crippen molar-refractivity contribution in [1.29, 1.82) is 0 Å². The van der Waals surface area contributed by atoms with Gasteiger partial charge in [0.2, 0.25) is 0 Å². The van der Waals surface area contributed by atoms with Gasteiger partial charge < -0.3 is 13.9 Å². The molecule has 1 aromatic heterocycles. The molecule has 0 aliphatic heterocycles. The highest BCUT2D eigenvalue weighted by atomic mass is 16.5. The Morgan fingerprint density at radius 2 is 1.95 bits per heavy atom. The first kappa shape index (κ1) is 15.2. The van der Waals surface area contributed by atoms with Crippen LogP contribution in [0.1, 0.15) is 29.4 Å². The van der Waals surface area contributed by atoms with Crippen LogP contribution in [-0.2, 0) is 22.6 Å².